The highest BCUT2D eigenvalue weighted by Crippen LogP contribution is 2.06. The van der Waals surface area contributed by atoms with Gasteiger partial charge in [0, 0.05) is 6.54 Å². The Balaban J connectivity index is 2.49. The van der Waals surface area contributed by atoms with E-state index in [9.17, 15) is 0 Å². The second-order valence-electron chi connectivity index (χ2n) is 4.00. The first-order valence-corrected chi connectivity index (χ1v) is 6.06. The van der Waals surface area contributed by atoms with Gasteiger partial charge in [0.05, 0.1) is 0 Å². The van der Waals surface area contributed by atoms with Gasteiger partial charge in [-0.05, 0) is 29.3 Å². The molecule has 90 valence electrons. The summed E-state index contributed by atoms with van der Waals surface area (Å²) >= 11 is 0. The highest BCUT2D eigenvalue weighted by molar-refractivity contribution is 5.47. The Morgan fingerprint density at radius 2 is 1.94 bits per heavy atom. The maximum atomic E-state index is 3.81. The number of rotatable bonds is 7. The summed E-state index contributed by atoms with van der Waals surface area (Å²) in [6.07, 6.45) is 8.04. The molecule has 0 radical (unpaired) electrons. The summed E-state index contributed by atoms with van der Waals surface area (Å²) in [6.45, 7) is 10.6. The predicted octanol–water partition coefficient (Wildman–Crippen LogP) is 4.29. The van der Waals surface area contributed by atoms with Crippen molar-refractivity contribution in [3.63, 3.8) is 0 Å². The van der Waals surface area contributed by atoms with Crippen LogP contribution < -0.4 is 5.32 Å². The zero-order valence-corrected chi connectivity index (χ0v) is 10.6. The Labute approximate surface area is 105 Å². The molecule has 0 fully saturated rings. The van der Waals surface area contributed by atoms with Crippen molar-refractivity contribution in [2.75, 3.05) is 0 Å². The number of allylic oxidation sites excluding steroid dienone is 2. The fourth-order valence-corrected chi connectivity index (χ4v) is 1.59. The zero-order chi connectivity index (χ0) is 12.5. The van der Waals surface area contributed by atoms with Crippen LogP contribution in [0.4, 0.5) is 0 Å². The molecule has 0 saturated heterocycles. The first-order valence-electron chi connectivity index (χ1n) is 6.06. The van der Waals surface area contributed by atoms with Crippen LogP contribution in [-0.2, 0) is 6.54 Å². The lowest BCUT2D eigenvalue weighted by molar-refractivity contribution is 0.840. The van der Waals surface area contributed by atoms with Crippen LogP contribution in [0.5, 0.6) is 0 Å². The lowest BCUT2D eigenvalue weighted by Gasteiger charge is -2.04. The molecular formula is C16H21N. The molecule has 0 saturated carbocycles. The van der Waals surface area contributed by atoms with E-state index in [1.807, 2.05) is 12.2 Å². The summed E-state index contributed by atoms with van der Waals surface area (Å²) in [5.74, 6) is 0. The summed E-state index contributed by atoms with van der Waals surface area (Å²) in [5.41, 5.74) is 3.68. The lowest BCUT2D eigenvalue weighted by atomic mass is 10.1. The third-order valence-electron chi connectivity index (χ3n) is 2.61. The Kier molecular flexibility index (Phi) is 5.87. The van der Waals surface area contributed by atoms with Crippen molar-refractivity contribution in [2.45, 2.75) is 26.3 Å². The van der Waals surface area contributed by atoms with E-state index in [4.69, 9.17) is 0 Å². The highest BCUT2D eigenvalue weighted by Gasteiger charge is 1.92. The van der Waals surface area contributed by atoms with Gasteiger partial charge >= 0.3 is 0 Å². The van der Waals surface area contributed by atoms with Gasteiger partial charge < -0.3 is 5.32 Å². The minimum Gasteiger partial charge on any atom is -0.387 e. The SMILES string of the molecule is C=C/C(=C/NCc1ccc(C=C)cc1)CCC. The molecule has 1 rings (SSSR count). The van der Waals surface area contributed by atoms with Gasteiger partial charge in [0.1, 0.15) is 0 Å². The van der Waals surface area contributed by atoms with Crippen molar-refractivity contribution in [1.29, 1.82) is 0 Å². The lowest BCUT2D eigenvalue weighted by Crippen LogP contribution is -2.05. The molecular weight excluding hydrogens is 206 g/mol. The monoisotopic (exact) mass is 227 g/mol. The minimum atomic E-state index is 0.846. The molecule has 0 unspecified atom stereocenters. The standard InChI is InChI=1S/C16H21N/c1-4-7-15(6-3)12-17-13-16-10-8-14(5-2)9-11-16/h5-6,8-12,17H,2-4,7,13H2,1H3/b15-12-. The molecule has 0 atom stereocenters. The van der Waals surface area contributed by atoms with Crippen LogP contribution in [0, 0.1) is 0 Å². The average molecular weight is 227 g/mol. The molecule has 0 aromatic heterocycles. The molecule has 1 N–H and O–H groups in total. The van der Waals surface area contributed by atoms with Crippen LogP contribution in [0.1, 0.15) is 30.9 Å². The van der Waals surface area contributed by atoms with Crippen LogP contribution in [0.3, 0.4) is 0 Å². The maximum Gasteiger partial charge on any atom is 0.0395 e. The van der Waals surface area contributed by atoms with E-state index in [0.717, 1.165) is 24.9 Å². The topological polar surface area (TPSA) is 12.0 Å². The van der Waals surface area contributed by atoms with Crippen molar-refractivity contribution in [3.05, 3.63) is 66.4 Å². The number of hydrogen-bond donors (Lipinski definition) is 1. The summed E-state index contributed by atoms with van der Waals surface area (Å²) < 4.78 is 0. The van der Waals surface area contributed by atoms with Gasteiger partial charge in [0.15, 0.2) is 0 Å². The molecule has 0 aliphatic heterocycles. The second kappa shape index (κ2) is 7.50. The van der Waals surface area contributed by atoms with Crippen LogP contribution in [0.15, 0.2) is 55.3 Å². The summed E-state index contributed by atoms with van der Waals surface area (Å²) in [6, 6.07) is 8.39. The molecule has 0 spiro atoms. The minimum absolute atomic E-state index is 0.846. The van der Waals surface area contributed by atoms with Crippen LogP contribution in [0.25, 0.3) is 6.08 Å². The van der Waals surface area contributed by atoms with Gasteiger partial charge in [-0.25, -0.2) is 0 Å². The van der Waals surface area contributed by atoms with E-state index in [-0.39, 0.29) is 0 Å². The first kappa shape index (κ1) is 13.3. The van der Waals surface area contributed by atoms with E-state index in [1.54, 1.807) is 0 Å². The van der Waals surface area contributed by atoms with Crippen molar-refractivity contribution in [1.82, 2.24) is 5.32 Å². The first-order chi connectivity index (χ1) is 8.30. The predicted molar refractivity (Wildman–Crippen MR) is 76.6 cm³/mol. The number of hydrogen-bond acceptors (Lipinski definition) is 1. The quantitative estimate of drug-likeness (QED) is 0.685. The van der Waals surface area contributed by atoms with Crippen LogP contribution >= 0.6 is 0 Å². The fourth-order valence-electron chi connectivity index (χ4n) is 1.59. The van der Waals surface area contributed by atoms with E-state index in [2.05, 4.69) is 55.9 Å². The van der Waals surface area contributed by atoms with Gasteiger partial charge in [-0.3, -0.25) is 0 Å². The normalized spacial score (nSPS) is 11.0. The average Bonchev–Trinajstić information content (AvgIpc) is 2.38. The Hall–Kier alpha value is -1.76. The molecule has 1 aromatic rings. The Morgan fingerprint density at radius 3 is 2.47 bits per heavy atom. The molecule has 0 aliphatic rings. The van der Waals surface area contributed by atoms with Gasteiger partial charge in [-0.1, -0.05) is 62.9 Å². The summed E-state index contributed by atoms with van der Waals surface area (Å²) in [7, 11) is 0. The highest BCUT2D eigenvalue weighted by atomic mass is 14.8. The van der Waals surface area contributed by atoms with Crippen LogP contribution in [0.2, 0.25) is 0 Å². The van der Waals surface area contributed by atoms with E-state index >= 15 is 0 Å². The molecule has 1 heteroatoms. The molecule has 1 nitrogen and oxygen atoms in total. The third-order valence-corrected chi connectivity index (χ3v) is 2.61. The van der Waals surface area contributed by atoms with Crippen molar-refractivity contribution >= 4 is 6.08 Å². The van der Waals surface area contributed by atoms with E-state index in [1.165, 1.54) is 11.1 Å². The van der Waals surface area contributed by atoms with Gasteiger partial charge in [0.25, 0.3) is 0 Å². The van der Waals surface area contributed by atoms with Crippen molar-refractivity contribution in [2.24, 2.45) is 0 Å². The van der Waals surface area contributed by atoms with Crippen molar-refractivity contribution < 1.29 is 0 Å². The van der Waals surface area contributed by atoms with Gasteiger partial charge in [-0.2, -0.15) is 0 Å². The molecule has 0 amide bonds. The smallest absolute Gasteiger partial charge is 0.0395 e. The number of nitrogens with one attached hydrogen (secondary N) is 1. The van der Waals surface area contributed by atoms with Gasteiger partial charge in [0.2, 0.25) is 0 Å². The Bertz CT molecular complexity index is 384. The summed E-state index contributed by atoms with van der Waals surface area (Å²) in [5, 5.41) is 3.32. The summed E-state index contributed by atoms with van der Waals surface area (Å²) in [4.78, 5) is 0. The Morgan fingerprint density at radius 1 is 1.24 bits per heavy atom. The fraction of sp³-hybridized carbons (Fsp3) is 0.250. The molecule has 17 heavy (non-hydrogen) atoms. The van der Waals surface area contributed by atoms with Gasteiger partial charge in [-0.15, -0.1) is 0 Å². The zero-order valence-electron chi connectivity index (χ0n) is 10.6. The maximum absolute atomic E-state index is 3.81. The third kappa shape index (κ3) is 4.73. The van der Waals surface area contributed by atoms with E-state index in [0.29, 0.717) is 0 Å². The second-order valence-corrected chi connectivity index (χ2v) is 4.00. The largest absolute Gasteiger partial charge is 0.387 e. The molecule has 0 aliphatic carbocycles. The molecule has 0 bridgehead atoms. The molecule has 0 heterocycles. The van der Waals surface area contributed by atoms with Crippen molar-refractivity contribution in [3.8, 4) is 0 Å². The molecule has 1 aromatic carbocycles. The number of benzene rings is 1. The van der Waals surface area contributed by atoms with Crippen LogP contribution in [-0.4, -0.2) is 0 Å². The van der Waals surface area contributed by atoms with E-state index < -0.39 is 0 Å².